The number of amides is 2. The zero-order chi connectivity index (χ0) is 15.0. The van der Waals surface area contributed by atoms with E-state index in [0.717, 1.165) is 0 Å². The van der Waals surface area contributed by atoms with Crippen molar-refractivity contribution in [2.24, 2.45) is 17.8 Å². The first-order chi connectivity index (χ1) is 9.32. The van der Waals surface area contributed by atoms with E-state index in [1.54, 1.807) is 18.2 Å². The number of nitrogen functional groups attached to an aromatic ring is 1. The van der Waals surface area contributed by atoms with Crippen molar-refractivity contribution in [3.05, 3.63) is 29.3 Å². The fourth-order valence-corrected chi connectivity index (χ4v) is 2.88. The van der Waals surface area contributed by atoms with E-state index < -0.39 is 0 Å². The predicted molar refractivity (Wildman–Crippen MR) is 79.4 cm³/mol. The molecule has 0 radical (unpaired) electrons. The summed E-state index contributed by atoms with van der Waals surface area (Å²) in [5.74, 6) is 0.725. The average Bonchev–Trinajstić information content (AvgIpc) is 2.58. The molecule has 0 aromatic heterocycles. The summed E-state index contributed by atoms with van der Waals surface area (Å²) in [6.07, 6.45) is 0. The Morgan fingerprint density at radius 2 is 1.55 bits per heavy atom. The lowest BCUT2D eigenvalue weighted by Gasteiger charge is -2.28. The summed E-state index contributed by atoms with van der Waals surface area (Å²) in [6.45, 7) is 8.98. The molecule has 4 heteroatoms. The van der Waals surface area contributed by atoms with Gasteiger partial charge in [0, 0.05) is 12.2 Å². The Hall–Kier alpha value is -1.84. The Balaban J connectivity index is 2.28. The molecule has 1 aliphatic heterocycles. The highest BCUT2D eigenvalue weighted by Gasteiger charge is 2.37. The summed E-state index contributed by atoms with van der Waals surface area (Å²) in [5.41, 5.74) is 7.11. The number of hydrogen-bond acceptors (Lipinski definition) is 3. The van der Waals surface area contributed by atoms with E-state index in [-0.39, 0.29) is 11.8 Å². The van der Waals surface area contributed by atoms with E-state index in [2.05, 4.69) is 27.7 Å². The van der Waals surface area contributed by atoms with Gasteiger partial charge in [0.05, 0.1) is 11.1 Å². The van der Waals surface area contributed by atoms with Gasteiger partial charge in [0.25, 0.3) is 11.8 Å². The van der Waals surface area contributed by atoms with Crippen molar-refractivity contribution < 1.29 is 9.59 Å². The quantitative estimate of drug-likeness (QED) is 0.678. The van der Waals surface area contributed by atoms with Crippen LogP contribution in [-0.4, -0.2) is 23.3 Å². The molecule has 4 nitrogen and oxygen atoms in total. The number of benzene rings is 1. The van der Waals surface area contributed by atoms with E-state index >= 15 is 0 Å². The molecule has 0 fully saturated rings. The van der Waals surface area contributed by atoms with E-state index in [1.165, 1.54) is 4.90 Å². The van der Waals surface area contributed by atoms with Crippen LogP contribution in [0.1, 0.15) is 48.4 Å². The molecule has 108 valence electrons. The first-order valence-corrected chi connectivity index (χ1v) is 7.08. The topological polar surface area (TPSA) is 63.4 Å². The average molecular weight is 274 g/mol. The standard InChI is InChI=1S/C16H22N2O2/c1-9(2)14(10(3)4)8-18-15(19)12-6-5-11(17)7-13(12)16(18)20/h5-7,9-10,14H,8,17H2,1-4H3. The Morgan fingerprint density at radius 3 is 2.10 bits per heavy atom. The molecule has 2 rings (SSSR count). The first-order valence-electron chi connectivity index (χ1n) is 7.08. The number of hydrogen-bond donors (Lipinski definition) is 1. The molecule has 1 heterocycles. The van der Waals surface area contributed by atoms with Gasteiger partial charge in [0.2, 0.25) is 0 Å². The number of rotatable bonds is 4. The molecule has 0 aliphatic carbocycles. The maximum atomic E-state index is 12.4. The fourth-order valence-electron chi connectivity index (χ4n) is 2.88. The minimum Gasteiger partial charge on any atom is -0.399 e. The number of nitrogens with zero attached hydrogens (tertiary/aromatic N) is 1. The normalized spacial score (nSPS) is 14.8. The first kappa shape index (κ1) is 14.6. The Kier molecular flexibility index (Phi) is 3.84. The van der Waals surface area contributed by atoms with Gasteiger partial charge in [0.1, 0.15) is 0 Å². The van der Waals surface area contributed by atoms with Crippen LogP contribution in [0.4, 0.5) is 5.69 Å². The van der Waals surface area contributed by atoms with Gasteiger partial charge in [-0.1, -0.05) is 27.7 Å². The lowest BCUT2D eigenvalue weighted by Crippen LogP contribution is -2.38. The van der Waals surface area contributed by atoms with E-state index in [1.807, 2.05) is 0 Å². The number of carbonyl (C=O) groups is 2. The smallest absolute Gasteiger partial charge is 0.261 e. The molecule has 2 N–H and O–H groups in total. The Labute approximate surface area is 119 Å². The van der Waals surface area contributed by atoms with Gasteiger partial charge in [0.15, 0.2) is 0 Å². The Morgan fingerprint density at radius 1 is 1.00 bits per heavy atom. The molecule has 0 saturated carbocycles. The third kappa shape index (κ3) is 2.42. The van der Waals surface area contributed by atoms with Gasteiger partial charge in [-0.15, -0.1) is 0 Å². The SMILES string of the molecule is CC(C)C(CN1C(=O)c2ccc(N)cc2C1=O)C(C)C. The van der Waals surface area contributed by atoms with Crippen molar-refractivity contribution in [3.8, 4) is 0 Å². The number of imide groups is 1. The van der Waals surface area contributed by atoms with Crippen LogP contribution < -0.4 is 5.73 Å². The summed E-state index contributed by atoms with van der Waals surface area (Å²) < 4.78 is 0. The molecular formula is C16H22N2O2. The zero-order valence-corrected chi connectivity index (χ0v) is 12.5. The van der Waals surface area contributed by atoms with Gasteiger partial charge >= 0.3 is 0 Å². The van der Waals surface area contributed by atoms with Crippen LogP contribution in [-0.2, 0) is 0 Å². The van der Waals surface area contributed by atoms with E-state index in [4.69, 9.17) is 5.73 Å². The van der Waals surface area contributed by atoms with Gasteiger partial charge in [-0.2, -0.15) is 0 Å². The monoisotopic (exact) mass is 274 g/mol. The van der Waals surface area contributed by atoms with Crippen molar-refractivity contribution in [3.63, 3.8) is 0 Å². The van der Waals surface area contributed by atoms with Crippen LogP contribution in [0.25, 0.3) is 0 Å². The second-order valence-corrected chi connectivity index (χ2v) is 6.18. The number of fused-ring (bicyclic) bond motifs is 1. The lowest BCUT2D eigenvalue weighted by molar-refractivity contribution is 0.0594. The molecule has 20 heavy (non-hydrogen) atoms. The van der Waals surface area contributed by atoms with Crippen LogP contribution in [0.15, 0.2) is 18.2 Å². The second kappa shape index (κ2) is 5.27. The number of nitrogens with two attached hydrogens (primary N) is 1. The van der Waals surface area contributed by atoms with E-state index in [0.29, 0.717) is 41.1 Å². The summed E-state index contributed by atoms with van der Waals surface area (Å²) in [7, 11) is 0. The van der Waals surface area contributed by atoms with Crippen LogP contribution in [0, 0.1) is 17.8 Å². The van der Waals surface area contributed by atoms with Crippen molar-refractivity contribution in [2.45, 2.75) is 27.7 Å². The minimum absolute atomic E-state index is 0.198. The predicted octanol–water partition coefficient (Wildman–Crippen LogP) is 2.79. The van der Waals surface area contributed by atoms with Gasteiger partial charge in [-0.25, -0.2) is 0 Å². The van der Waals surface area contributed by atoms with Crippen molar-refractivity contribution in [1.82, 2.24) is 4.90 Å². The molecule has 0 bridgehead atoms. The lowest BCUT2D eigenvalue weighted by atomic mass is 9.85. The third-order valence-corrected chi connectivity index (χ3v) is 4.10. The molecule has 2 amide bonds. The van der Waals surface area contributed by atoms with E-state index in [9.17, 15) is 9.59 Å². The molecule has 1 aliphatic rings. The van der Waals surface area contributed by atoms with Crippen molar-refractivity contribution in [1.29, 1.82) is 0 Å². The summed E-state index contributed by atoms with van der Waals surface area (Å²) in [4.78, 5) is 26.1. The molecule has 0 atom stereocenters. The molecule has 0 spiro atoms. The van der Waals surface area contributed by atoms with Gasteiger partial charge in [-0.05, 0) is 36.0 Å². The highest BCUT2D eigenvalue weighted by molar-refractivity contribution is 6.21. The maximum Gasteiger partial charge on any atom is 0.261 e. The van der Waals surface area contributed by atoms with Crippen LogP contribution in [0.5, 0.6) is 0 Å². The van der Waals surface area contributed by atoms with Crippen molar-refractivity contribution in [2.75, 3.05) is 12.3 Å². The third-order valence-electron chi connectivity index (χ3n) is 4.10. The molecule has 0 saturated heterocycles. The number of carbonyl (C=O) groups excluding carboxylic acids is 2. The van der Waals surface area contributed by atoms with Gasteiger partial charge in [-0.3, -0.25) is 14.5 Å². The largest absolute Gasteiger partial charge is 0.399 e. The van der Waals surface area contributed by atoms with Crippen molar-refractivity contribution >= 4 is 17.5 Å². The zero-order valence-electron chi connectivity index (χ0n) is 12.5. The highest BCUT2D eigenvalue weighted by atomic mass is 16.2. The van der Waals surface area contributed by atoms with Crippen LogP contribution >= 0.6 is 0 Å². The fraction of sp³-hybridized carbons (Fsp3) is 0.500. The van der Waals surface area contributed by atoms with Gasteiger partial charge < -0.3 is 5.73 Å². The summed E-state index contributed by atoms with van der Waals surface area (Å²) >= 11 is 0. The number of anilines is 1. The highest BCUT2D eigenvalue weighted by Crippen LogP contribution is 2.29. The Bertz CT molecular complexity index is 541. The molecule has 1 aromatic carbocycles. The molecule has 0 unspecified atom stereocenters. The second-order valence-electron chi connectivity index (χ2n) is 6.18. The van der Waals surface area contributed by atoms with Crippen LogP contribution in [0.2, 0.25) is 0 Å². The molecular weight excluding hydrogens is 252 g/mol. The maximum absolute atomic E-state index is 12.4. The van der Waals surface area contributed by atoms with Crippen LogP contribution in [0.3, 0.4) is 0 Å². The summed E-state index contributed by atoms with van der Waals surface area (Å²) in [6, 6.07) is 4.90. The molecule has 1 aromatic rings. The summed E-state index contributed by atoms with van der Waals surface area (Å²) in [5, 5.41) is 0. The minimum atomic E-state index is -0.219.